The molecule has 0 fully saturated rings. The second-order valence-corrected chi connectivity index (χ2v) is 4.32. The summed E-state index contributed by atoms with van der Waals surface area (Å²) in [6.07, 6.45) is -0.0139. The number of carbonyl (C=O) groups excluding carboxylic acids is 1. The van der Waals surface area contributed by atoms with Gasteiger partial charge < -0.3 is 9.84 Å². The molecule has 0 unspecified atom stereocenters. The number of benzene rings is 2. The molecule has 0 aromatic heterocycles. The molecular formula is C15H12O3. The largest absolute Gasteiger partial charge is 0.508 e. The number of aromatic hydroxyl groups is 1. The Balaban J connectivity index is 1.97. The van der Waals surface area contributed by atoms with Crippen molar-refractivity contribution < 1.29 is 14.6 Å². The number of rotatable bonds is 1. The molecule has 18 heavy (non-hydrogen) atoms. The van der Waals surface area contributed by atoms with Gasteiger partial charge in [-0.05, 0) is 29.8 Å². The first-order chi connectivity index (χ1) is 8.74. The number of carbonyl (C=O) groups is 1. The van der Waals surface area contributed by atoms with Crippen LogP contribution in [0.25, 0.3) is 0 Å². The van der Waals surface area contributed by atoms with Crippen molar-refractivity contribution >= 4 is 5.78 Å². The number of fused-ring (bicyclic) bond motifs is 1. The van der Waals surface area contributed by atoms with E-state index in [1.807, 2.05) is 18.2 Å². The predicted octanol–water partition coefficient (Wildman–Crippen LogP) is 3.10. The van der Waals surface area contributed by atoms with Crippen molar-refractivity contribution in [1.29, 1.82) is 0 Å². The number of ether oxygens (including phenoxy) is 1. The highest BCUT2D eigenvalue weighted by atomic mass is 16.5. The lowest BCUT2D eigenvalue weighted by atomic mass is 9.96. The maximum absolute atomic E-state index is 12.0. The van der Waals surface area contributed by atoms with Crippen molar-refractivity contribution in [1.82, 2.24) is 0 Å². The van der Waals surface area contributed by atoms with Crippen LogP contribution in [0.2, 0.25) is 0 Å². The molecule has 0 bridgehead atoms. The Morgan fingerprint density at radius 2 is 1.94 bits per heavy atom. The van der Waals surface area contributed by atoms with Gasteiger partial charge in [-0.3, -0.25) is 4.79 Å². The Labute approximate surface area is 105 Å². The maximum Gasteiger partial charge on any atom is 0.170 e. The highest BCUT2D eigenvalue weighted by Crippen LogP contribution is 2.35. The van der Waals surface area contributed by atoms with E-state index in [0.29, 0.717) is 17.7 Å². The molecule has 0 aliphatic carbocycles. The van der Waals surface area contributed by atoms with Crippen molar-refractivity contribution in [3.63, 3.8) is 0 Å². The standard InChI is InChI=1S/C15H12O3/c16-11-5-3-4-10(8-11)15-9-13(17)12-6-1-2-7-14(12)18-15/h1-8,15-16H,9H2/t15-/m1/s1. The summed E-state index contributed by atoms with van der Waals surface area (Å²) in [7, 11) is 0. The molecule has 0 amide bonds. The van der Waals surface area contributed by atoms with Crippen LogP contribution in [0.4, 0.5) is 0 Å². The number of Topliss-reactive ketones (excluding diaryl/α,β-unsaturated/α-hetero) is 1. The van der Waals surface area contributed by atoms with Gasteiger partial charge in [-0.2, -0.15) is 0 Å². The monoisotopic (exact) mass is 240 g/mol. The van der Waals surface area contributed by atoms with Gasteiger partial charge in [0.1, 0.15) is 17.6 Å². The summed E-state index contributed by atoms with van der Waals surface area (Å²) in [5.41, 5.74) is 1.45. The van der Waals surface area contributed by atoms with E-state index in [1.54, 1.807) is 30.3 Å². The van der Waals surface area contributed by atoms with Crippen LogP contribution in [0, 0.1) is 0 Å². The van der Waals surface area contributed by atoms with E-state index < -0.39 is 0 Å². The third kappa shape index (κ3) is 1.84. The zero-order chi connectivity index (χ0) is 12.5. The number of ketones is 1. The van der Waals surface area contributed by atoms with E-state index in [-0.39, 0.29) is 17.6 Å². The molecule has 1 N–H and O–H groups in total. The molecule has 2 aromatic rings. The number of phenols is 1. The van der Waals surface area contributed by atoms with Crippen molar-refractivity contribution in [3.8, 4) is 11.5 Å². The van der Waals surface area contributed by atoms with E-state index in [4.69, 9.17) is 4.74 Å². The smallest absolute Gasteiger partial charge is 0.170 e. The molecule has 0 spiro atoms. The van der Waals surface area contributed by atoms with Crippen LogP contribution in [0.3, 0.4) is 0 Å². The minimum absolute atomic E-state index is 0.0743. The summed E-state index contributed by atoms with van der Waals surface area (Å²) in [5, 5.41) is 9.46. The van der Waals surface area contributed by atoms with Crippen LogP contribution >= 0.6 is 0 Å². The molecule has 1 heterocycles. The Hall–Kier alpha value is -2.29. The van der Waals surface area contributed by atoms with Crippen LogP contribution in [-0.2, 0) is 0 Å². The Kier molecular flexibility index (Phi) is 2.52. The van der Waals surface area contributed by atoms with Gasteiger partial charge in [0.25, 0.3) is 0 Å². The molecular weight excluding hydrogens is 228 g/mol. The molecule has 1 aliphatic heterocycles. The second kappa shape index (κ2) is 4.18. The van der Waals surface area contributed by atoms with Gasteiger partial charge in [0.15, 0.2) is 5.78 Å². The van der Waals surface area contributed by atoms with Gasteiger partial charge in [-0.15, -0.1) is 0 Å². The zero-order valence-corrected chi connectivity index (χ0v) is 9.67. The lowest BCUT2D eigenvalue weighted by Gasteiger charge is -2.25. The third-order valence-corrected chi connectivity index (χ3v) is 3.07. The summed E-state index contributed by atoms with van der Waals surface area (Å²) in [4.78, 5) is 12.0. The van der Waals surface area contributed by atoms with Crippen LogP contribution < -0.4 is 4.74 Å². The summed E-state index contributed by atoms with van der Waals surface area (Å²) >= 11 is 0. The summed E-state index contributed by atoms with van der Waals surface area (Å²) in [6.45, 7) is 0. The molecule has 90 valence electrons. The van der Waals surface area contributed by atoms with Crippen LogP contribution in [-0.4, -0.2) is 10.9 Å². The van der Waals surface area contributed by atoms with E-state index >= 15 is 0 Å². The molecule has 1 aliphatic rings. The normalized spacial score (nSPS) is 18.0. The lowest BCUT2D eigenvalue weighted by molar-refractivity contribution is 0.0849. The van der Waals surface area contributed by atoms with Crippen molar-refractivity contribution in [2.24, 2.45) is 0 Å². The van der Waals surface area contributed by atoms with Crippen molar-refractivity contribution in [3.05, 3.63) is 59.7 Å². The van der Waals surface area contributed by atoms with Crippen LogP contribution in [0.15, 0.2) is 48.5 Å². The maximum atomic E-state index is 12.0. The fraction of sp³-hybridized carbons (Fsp3) is 0.133. The Morgan fingerprint density at radius 3 is 2.78 bits per heavy atom. The number of para-hydroxylation sites is 1. The van der Waals surface area contributed by atoms with Gasteiger partial charge >= 0.3 is 0 Å². The molecule has 0 radical (unpaired) electrons. The first-order valence-electron chi connectivity index (χ1n) is 5.82. The molecule has 3 heteroatoms. The fourth-order valence-corrected chi connectivity index (χ4v) is 2.18. The molecule has 0 saturated carbocycles. The fourth-order valence-electron chi connectivity index (χ4n) is 2.18. The first kappa shape index (κ1) is 10.8. The number of phenolic OH excluding ortho intramolecular Hbond substituents is 1. The second-order valence-electron chi connectivity index (χ2n) is 4.32. The van der Waals surface area contributed by atoms with Gasteiger partial charge in [0.2, 0.25) is 0 Å². The average Bonchev–Trinajstić information content (AvgIpc) is 2.39. The van der Waals surface area contributed by atoms with E-state index in [9.17, 15) is 9.90 Å². The van der Waals surface area contributed by atoms with E-state index in [2.05, 4.69) is 0 Å². The van der Waals surface area contributed by atoms with Crippen molar-refractivity contribution in [2.45, 2.75) is 12.5 Å². The summed E-state index contributed by atoms with van der Waals surface area (Å²) in [5.74, 6) is 0.870. The van der Waals surface area contributed by atoms with Gasteiger partial charge in [0, 0.05) is 0 Å². The van der Waals surface area contributed by atoms with Gasteiger partial charge in [0.05, 0.1) is 12.0 Å². The SMILES string of the molecule is O=C1C[C@H](c2cccc(O)c2)Oc2ccccc21. The van der Waals surface area contributed by atoms with Gasteiger partial charge in [-0.25, -0.2) is 0 Å². The first-order valence-corrected chi connectivity index (χ1v) is 5.82. The number of hydrogen-bond acceptors (Lipinski definition) is 3. The Bertz CT molecular complexity index is 604. The molecule has 3 nitrogen and oxygen atoms in total. The lowest BCUT2D eigenvalue weighted by Crippen LogP contribution is -2.20. The summed E-state index contributed by atoms with van der Waals surface area (Å²) < 4.78 is 5.81. The topological polar surface area (TPSA) is 46.5 Å². The molecule has 3 rings (SSSR count). The van der Waals surface area contributed by atoms with Crippen LogP contribution in [0.1, 0.15) is 28.4 Å². The number of hydrogen-bond donors (Lipinski definition) is 1. The highest BCUT2D eigenvalue weighted by Gasteiger charge is 2.27. The predicted molar refractivity (Wildman–Crippen MR) is 66.9 cm³/mol. The Morgan fingerprint density at radius 1 is 1.11 bits per heavy atom. The summed E-state index contributed by atoms with van der Waals surface area (Å²) in [6, 6.07) is 14.1. The highest BCUT2D eigenvalue weighted by molar-refractivity contribution is 5.99. The minimum atomic E-state index is -0.320. The van der Waals surface area contributed by atoms with Gasteiger partial charge in [-0.1, -0.05) is 24.3 Å². The zero-order valence-electron chi connectivity index (χ0n) is 9.67. The average molecular weight is 240 g/mol. The molecule has 1 atom stereocenters. The molecule has 0 saturated heterocycles. The van der Waals surface area contributed by atoms with E-state index in [1.165, 1.54) is 0 Å². The van der Waals surface area contributed by atoms with Crippen LogP contribution in [0.5, 0.6) is 11.5 Å². The molecule has 2 aromatic carbocycles. The third-order valence-electron chi connectivity index (χ3n) is 3.07. The van der Waals surface area contributed by atoms with E-state index in [0.717, 1.165) is 5.56 Å². The van der Waals surface area contributed by atoms with Crippen molar-refractivity contribution in [2.75, 3.05) is 0 Å². The minimum Gasteiger partial charge on any atom is -0.508 e. The quantitative estimate of drug-likeness (QED) is 0.833.